The Bertz CT molecular complexity index is 1540. The molecular formula is C32H41F4N7O2S. The molecule has 0 radical (unpaired) electrons. The fourth-order valence-corrected chi connectivity index (χ4v) is 7.97. The highest BCUT2D eigenvalue weighted by Crippen LogP contribution is 2.44. The SMILES string of the molecule is CC(C)n1nccc1C(=O)N[C@H](c1cn2ncc(S[C@H](CC3CCC3)NC(=O)CC3CC(F)(F)C3)cc2n1)C1CCC(F)(F)CC1. The summed E-state index contributed by atoms with van der Waals surface area (Å²) in [5, 5.41) is 14.7. The fourth-order valence-electron chi connectivity index (χ4n) is 6.80. The number of aromatic nitrogens is 5. The maximum Gasteiger partial charge on any atom is 0.270 e. The predicted molar refractivity (Wildman–Crippen MR) is 165 cm³/mol. The van der Waals surface area contributed by atoms with Crippen molar-refractivity contribution in [3.63, 3.8) is 0 Å². The number of amides is 2. The summed E-state index contributed by atoms with van der Waals surface area (Å²) in [6, 6.07) is 2.84. The van der Waals surface area contributed by atoms with E-state index in [-0.39, 0.29) is 80.0 Å². The van der Waals surface area contributed by atoms with E-state index in [1.165, 1.54) is 11.8 Å². The van der Waals surface area contributed by atoms with Crippen LogP contribution < -0.4 is 10.6 Å². The summed E-state index contributed by atoms with van der Waals surface area (Å²) in [6.07, 6.45) is 8.69. The van der Waals surface area contributed by atoms with Crippen LogP contribution in [0.15, 0.2) is 35.6 Å². The van der Waals surface area contributed by atoms with E-state index >= 15 is 0 Å². The number of alkyl halides is 4. The third kappa shape index (κ3) is 7.69. The van der Waals surface area contributed by atoms with Crippen LogP contribution in [0.3, 0.4) is 0 Å². The summed E-state index contributed by atoms with van der Waals surface area (Å²) in [4.78, 5) is 31.8. The van der Waals surface area contributed by atoms with Crippen molar-refractivity contribution in [2.45, 2.75) is 119 Å². The Hall–Kier alpha value is -3.16. The molecule has 0 bridgehead atoms. The maximum absolute atomic E-state index is 14.1. The zero-order valence-electron chi connectivity index (χ0n) is 26.1. The average Bonchev–Trinajstić information content (AvgIpc) is 3.60. The number of rotatable bonds is 12. The van der Waals surface area contributed by atoms with Gasteiger partial charge in [-0.25, -0.2) is 27.1 Å². The van der Waals surface area contributed by atoms with Crippen LogP contribution in [0.4, 0.5) is 17.6 Å². The van der Waals surface area contributed by atoms with Gasteiger partial charge in [0.05, 0.1) is 29.5 Å². The van der Waals surface area contributed by atoms with E-state index in [0.29, 0.717) is 23.0 Å². The molecule has 6 rings (SSSR count). The minimum absolute atomic E-state index is 0.0428. The molecule has 46 heavy (non-hydrogen) atoms. The van der Waals surface area contributed by atoms with E-state index in [1.807, 2.05) is 19.9 Å². The van der Waals surface area contributed by atoms with Crippen LogP contribution in [0.25, 0.3) is 5.65 Å². The molecule has 0 saturated heterocycles. The minimum atomic E-state index is -2.72. The molecule has 3 aromatic rings. The molecule has 0 aromatic carbocycles. The summed E-state index contributed by atoms with van der Waals surface area (Å²) in [7, 11) is 0. The summed E-state index contributed by atoms with van der Waals surface area (Å²) in [5.41, 5.74) is 1.44. The van der Waals surface area contributed by atoms with E-state index < -0.39 is 17.9 Å². The van der Waals surface area contributed by atoms with Gasteiger partial charge in [-0.2, -0.15) is 10.2 Å². The van der Waals surface area contributed by atoms with Crippen molar-refractivity contribution < 1.29 is 27.2 Å². The normalized spacial score (nSPS) is 21.5. The Balaban J connectivity index is 1.20. The summed E-state index contributed by atoms with van der Waals surface area (Å²) >= 11 is 1.46. The Labute approximate surface area is 269 Å². The van der Waals surface area contributed by atoms with Crippen molar-refractivity contribution in [1.82, 2.24) is 35.0 Å². The van der Waals surface area contributed by atoms with Gasteiger partial charge in [-0.05, 0) is 63.0 Å². The number of hydrogen-bond acceptors (Lipinski definition) is 6. The van der Waals surface area contributed by atoms with Gasteiger partial charge in [-0.15, -0.1) is 0 Å². The van der Waals surface area contributed by atoms with Crippen LogP contribution in [0.1, 0.15) is 113 Å². The van der Waals surface area contributed by atoms with Crippen molar-refractivity contribution >= 4 is 29.2 Å². The van der Waals surface area contributed by atoms with Gasteiger partial charge in [-0.3, -0.25) is 14.3 Å². The Kier molecular flexibility index (Phi) is 9.37. The van der Waals surface area contributed by atoms with Crippen molar-refractivity contribution in [1.29, 1.82) is 0 Å². The average molecular weight is 664 g/mol. The topological polar surface area (TPSA) is 106 Å². The second-order valence-corrected chi connectivity index (χ2v) is 14.9. The lowest BCUT2D eigenvalue weighted by Gasteiger charge is -2.35. The number of nitrogens with zero attached hydrogens (tertiary/aromatic N) is 5. The smallest absolute Gasteiger partial charge is 0.270 e. The molecule has 0 aliphatic heterocycles. The number of carbonyl (C=O) groups is 2. The molecule has 250 valence electrons. The number of imidazole rings is 1. The fraction of sp³-hybridized carbons (Fsp3) is 0.656. The second-order valence-electron chi connectivity index (χ2n) is 13.6. The van der Waals surface area contributed by atoms with E-state index in [2.05, 4.69) is 20.8 Å². The lowest BCUT2D eigenvalue weighted by atomic mass is 9.79. The third-order valence-corrected chi connectivity index (χ3v) is 10.7. The first-order valence-electron chi connectivity index (χ1n) is 16.3. The van der Waals surface area contributed by atoms with Crippen LogP contribution in [0.5, 0.6) is 0 Å². The van der Waals surface area contributed by atoms with Gasteiger partial charge in [0.1, 0.15) is 5.69 Å². The van der Waals surface area contributed by atoms with Crippen LogP contribution in [0, 0.1) is 17.8 Å². The van der Waals surface area contributed by atoms with E-state index in [4.69, 9.17) is 4.98 Å². The molecule has 0 spiro atoms. The highest BCUT2D eigenvalue weighted by Gasteiger charge is 2.46. The maximum atomic E-state index is 14.1. The van der Waals surface area contributed by atoms with Gasteiger partial charge in [0, 0.05) is 49.2 Å². The second kappa shape index (κ2) is 13.2. The number of hydrogen-bond donors (Lipinski definition) is 2. The quantitative estimate of drug-likeness (QED) is 0.123. The minimum Gasteiger partial charge on any atom is -0.344 e. The van der Waals surface area contributed by atoms with Crippen LogP contribution >= 0.6 is 11.8 Å². The van der Waals surface area contributed by atoms with Crippen molar-refractivity contribution in [2.75, 3.05) is 0 Å². The molecule has 3 saturated carbocycles. The molecule has 9 nitrogen and oxygen atoms in total. The van der Waals surface area contributed by atoms with Gasteiger partial charge in [0.15, 0.2) is 5.65 Å². The monoisotopic (exact) mass is 663 g/mol. The summed E-state index contributed by atoms with van der Waals surface area (Å²) in [6.45, 7) is 3.84. The zero-order valence-corrected chi connectivity index (χ0v) is 26.9. The van der Waals surface area contributed by atoms with Crippen molar-refractivity contribution in [3.05, 3.63) is 42.1 Å². The molecule has 3 fully saturated rings. The first-order chi connectivity index (χ1) is 21.8. The Morgan fingerprint density at radius 3 is 2.41 bits per heavy atom. The molecule has 3 aliphatic rings. The van der Waals surface area contributed by atoms with E-state index in [9.17, 15) is 27.2 Å². The first-order valence-corrected chi connectivity index (χ1v) is 17.1. The molecule has 2 atom stereocenters. The first kappa shape index (κ1) is 32.8. The lowest BCUT2D eigenvalue weighted by molar-refractivity contribution is -0.133. The van der Waals surface area contributed by atoms with E-state index in [1.54, 1.807) is 33.9 Å². The zero-order chi connectivity index (χ0) is 32.6. The number of carbonyl (C=O) groups excluding carboxylic acids is 2. The summed E-state index contributed by atoms with van der Waals surface area (Å²) in [5.74, 6) is -5.98. The standard InChI is InChI=1S/C32H41F4N7O2S/c1-19(2)43-25(8-11-37-43)30(45)41-29(22-6-9-31(33,34)10-7-22)24-18-42-26(39-24)14-23(17-38-42)46-28(13-20-4-3-5-20)40-27(44)12-21-15-32(35,36)16-21/h8,11,14,17-22,28-29H,3-7,9-10,12-13,15-16H2,1-2H3,(H,40,44)(H,41,45)/t28-,29+/m1/s1. The van der Waals surface area contributed by atoms with Gasteiger partial charge in [0.25, 0.3) is 5.91 Å². The molecule has 2 N–H and O–H groups in total. The lowest BCUT2D eigenvalue weighted by Crippen LogP contribution is -2.41. The van der Waals surface area contributed by atoms with Gasteiger partial charge >= 0.3 is 0 Å². The van der Waals surface area contributed by atoms with Crippen molar-refractivity contribution in [3.8, 4) is 0 Å². The highest BCUT2D eigenvalue weighted by molar-refractivity contribution is 8.00. The number of thioether (sulfide) groups is 1. The van der Waals surface area contributed by atoms with Crippen LogP contribution in [0.2, 0.25) is 0 Å². The molecule has 3 aliphatic carbocycles. The third-order valence-electron chi connectivity index (χ3n) is 9.57. The largest absolute Gasteiger partial charge is 0.344 e. The number of fused-ring (bicyclic) bond motifs is 1. The highest BCUT2D eigenvalue weighted by atomic mass is 32.2. The van der Waals surface area contributed by atoms with Gasteiger partial charge in [-0.1, -0.05) is 31.0 Å². The summed E-state index contributed by atoms with van der Waals surface area (Å²) < 4.78 is 58.0. The molecule has 0 unspecified atom stereocenters. The predicted octanol–water partition coefficient (Wildman–Crippen LogP) is 6.96. The molecule has 2 amide bonds. The molecule has 14 heteroatoms. The molecule has 3 aromatic heterocycles. The van der Waals surface area contributed by atoms with Crippen LogP contribution in [-0.4, -0.2) is 53.4 Å². The molecule has 3 heterocycles. The number of halogens is 4. The molecular weight excluding hydrogens is 622 g/mol. The Morgan fingerprint density at radius 1 is 1.02 bits per heavy atom. The number of nitrogens with one attached hydrogen (secondary N) is 2. The Morgan fingerprint density at radius 2 is 1.76 bits per heavy atom. The van der Waals surface area contributed by atoms with Gasteiger partial charge < -0.3 is 10.6 Å². The van der Waals surface area contributed by atoms with Gasteiger partial charge in [0.2, 0.25) is 17.8 Å². The van der Waals surface area contributed by atoms with Crippen LogP contribution in [-0.2, 0) is 4.79 Å². The van der Waals surface area contributed by atoms with Crippen molar-refractivity contribution in [2.24, 2.45) is 17.8 Å². The van der Waals surface area contributed by atoms with E-state index in [0.717, 1.165) is 30.6 Å².